The van der Waals surface area contributed by atoms with Gasteiger partial charge in [-0.25, -0.2) is 9.97 Å². The molecule has 1 atom stereocenters. The van der Waals surface area contributed by atoms with E-state index in [1.165, 1.54) is 35.5 Å². The number of piperidine rings is 1. The second-order valence-electron chi connectivity index (χ2n) is 8.58. The molecule has 9 heteroatoms. The lowest BCUT2D eigenvalue weighted by molar-refractivity contribution is -0.121. The Morgan fingerprint density at radius 3 is 2.91 bits per heavy atom. The number of hydrogen-bond donors (Lipinski definition) is 1. The predicted molar refractivity (Wildman–Crippen MR) is 137 cm³/mol. The molecule has 0 radical (unpaired) electrons. The smallest absolute Gasteiger partial charge is 0.274 e. The number of carbonyl (C=O) groups excluding carboxylic acids is 2. The maximum atomic E-state index is 13.0. The van der Waals surface area contributed by atoms with Gasteiger partial charge in [-0.1, -0.05) is 19.4 Å². The van der Waals surface area contributed by atoms with Crippen LogP contribution in [0.2, 0.25) is 0 Å². The van der Waals surface area contributed by atoms with E-state index < -0.39 is 0 Å². The lowest BCUT2D eigenvalue weighted by Crippen LogP contribution is -2.44. The molecule has 4 rings (SSSR count). The van der Waals surface area contributed by atoms with Crippen molar-refractivity contribution in [1.29, 1.82) is 0 Å². The minimum absolute atomic E-state index is 0.121. The number of rotatable bonds is 9. The van der Waals surface area contributed by atoms with Gasteiger partial charge in [0.15, 0.2) is 5.13 Å². The molecule has 0 saturated carbocycles. The zero-order valence-electron chi connectivity index (χ0n) is 20.2. The fraction of sp³-hybridized carbons (Fsp3) is 0.423. The van der Waals surface area contributed by atoms with Gasteiger partial charge in [-0.3, -0.25) is 14.6 Å². The largest absolute Gasteiger partial charge is 0.493 e. The Morgan fingerprint density at radius 2 is 2.14 bits per heavy atom. The van der Waals surface area contributed by atoms with Crippen molar-refractivity contribution >= 4 is 28.3 Å². The molecule has 1 aliphatic rings. The van der Waals surface area contributed by atoms with E-state index >= 15 is 0 Å². The molecule has 1 fully saturated rings. The van der Waals surface area contributed by atoms with Gasteiger partial charge in [-0.15, -0.1) is 11.3 Å². The van der Waals surface area contributed by atoms with E-state index in [1.807, 2.05) is 18.4 Å². The van der Waals surface area contributed by atoms with Gasteiger partial charge in [-0.2, -0.15) is 0 Å². The summed E-state index contributed by atoms with van der Waals surface area (Å²) >= 11 is 1.39. The number of amides is 2. The van der Waals surface area contributed by atoms with Crippen LogP contribution in [0.15, 0.2) is 42.2 Å². The van der Waals surface area contributed by atoms with Crippen molar-refractivity contribution < 1.29 is 14.3 Å². The van der Waals surface area contributed by atoms with Crippen molar-refractivity contribution in [1.82, 2.24) is 19.9 Å². The van der Waals surface area contributed by atoms with Gasteiger partial charge in [-0.05, 0) is 50.3 Å². The van der Waals surface area contributed by atoms with Crippen molar-refractivity contribution in [3.63, 3.8) is 0 Å². The third-order valence-corrected chi connectivity index (χ3v) is 6.79. The maximum absolute atomic E-state index is 13.0. The molecule has 2 amide bonds. The number of anilines is 1. The van der Waals surface area contributed by atoms with Crippen molar-refractivity contribution in [3.05, 3.63) is 53.4 Å². The first-order valence-corrected chi connectivity index (χ1v) is 13.0. The van der Waals surface area contributed by atoms with Crippen molar-refractivity contribution in [3.8, 4) is 17.0 Å². The van der Waals surface area contributed by atoms with Crippen LogP contribution in [0.4, 0.5) is 5.13 Å². The number of benzene rings is 1. The number of unbranched alkanes of at least 4 members (excludes halogenated alkanes) is 1. The van der Waals surface area contributed by atoms with Crippen molar-refractivity contribution in [2.45, 2.75) is 46.0 Å². The standard InChI is InChI=1S/C26H31N5O3S/c1-3-5-7-18-9-10-23(34-4-2)20(14-18)22-17-35-26(29-22)30-24(32)19-8-6-13-31(16-19)25(33)21-15-27-11-12-28-21/h9-12,14-15,17,19H,3-8,13,16H2,1-2H3,(H,29,30,32). The second kappa shape index (κ2) is 11.9. The van der Waals surface area contributed by atoms with Crippen LogP contribution in [-0.4, -0.2) is 51.4 Å². The minimum Gasteiger partial charge on any atom is -0.493 e. The third kappa shape index (κ3) is 6.22. The number of aromatic nitrogens is 3. The Kier molecular flexibility index (Phi) is 8.41. The third-order valence-electron chi connectivity index (χ3n) is 6.03. The summed E-state index contributed by atoms with van der Waals surface area (Å²) in [7, 11) is 0. The quantitative estimate of drug-likeness (QED) is 0.458. The molecule has 3 heterocycles. The van der Waals surface area contributed by atoms with Gasteiger partial charge in [0.1, 0.15) is 11.4 Å². The Hall–Kier alpha value is -3.33. The molecular weight excluding hydrogens is 462 g/mol. The van der Waals surface area contributed by atoms with Crippen LogP contribution >= 0.6 is 11.3 Å². The lowest BCUT2D eigenvalue weighted by atomic mass is 9.97. The average molecular weight is 494 g/mol. The molecule has 8 nitrogen and oxygen atoms in total. The monoisotopic (exact) mass is 493 g/mol. The van der Waals surface area contributed by atoms with Crippen molar-refractivity contribution in [2.75, 3.05) is 25.0 Å². The van der Waals surface area contributed by atoms with Gasteiger partial charge in [0.2, 0.25) is 5.91 Å². The van der Waals surface area contributed by atoms with Crippen LogP contribution in [0.3, 0.4) is 0 Å². The molecule has 35 heavy (non-hydrogen) atoms. The van der Waals surface area contributed by atoms with Gasteiger partial charge < -0.3 is 15.0 Å². The number of aryl methyl sites for hydroxylation is 1. The number of nitrogens with zero attached hydrogens (tertiary/aromatic N) is 4. The van der Waals surface area contributed by atoms with Crippen molar-refractivity contribution in [2.24, 2.45) is 5.92 Å². The summed E-state index contributed by atoms with van der Waals surface area (Å²) in [6.45, 7) is 5.68. The number of hydrogen-bond acceptors (Lipinski definition) is 7. The molecular formula is C26H31N5O3S. The minimum atomic E-state index is -0.298. The molecule has 1 aromatic carbocycles. The molecule has 2 aromatic heterocycles. The molecule has 3 aromatic rings. The molecule has 1 saturated heterocycles. The van der Waals surface area contributed by atoms with Crippen LogP contribution in [-0.2, 0) is 11.2 Å². The maximum Gasteiger partial charge on any atom is 0.274 e. The Balaban J connectivity index is 1.44. The number of thiazole rings is 1. The Bertz CT molecular complexity index is 1150. The first-order valence-electron chi connectivity index (χ1n) is 12.2. The van der Waals surface area contributed by atoms with E-state index in [0.29, 0.717) is 30.5 Å². The van der Waals surface area contributed by atoms with Crippen LogP contribution in [0, 0.1) is 5.92 Å². The summed E-state index contributed by atoms with van der Waals surface area (Å²) in [5, 5.41) is 5.45. The molecule has 1 N–H and O–H groups in total. The van der Waals surface area contributed by atoms with Crippen LogP contribution in [0.25, 0.3) is 11.3 Å². The zero-order chi connectivity index (χ0) is 24.6. The van der Waals surface area contributed by atoms with Gasteiger partial charge >= 0.3 is 0 Å². The first-order chi connectivity index (χ1) is 17.1. The summed E-state index contributed by atoms with van der Waals surface area (Å²) in [6.07, 6.45) is 9.24. The fourth-order valence-corrected chi connectivity index (χ4v) is 4.92. The zero-order valence-corrected chi connectivity index (χ0v) is 21.0. The molecule has 0 bridgehead atoms. The van der Waals surface area contributed by atoms with E-state index in [-0.39, 0.29) is 17.7 Å². The predicted octanol–water partition coefficient (Wildman–Crippen LogP) is 4.83. The highest BCUT2D eigenvalue weighted by Crippen LogP contribution is 2.34. The average Bonchev–Trinajstić information content (AvgIpc) is 3.36. The topological polar surface area (TPSA) is 97.3 Å². The van der Waals surface area contributed by atoms with Crippen LogP contribution < -0.4 is 10.1 Å². The highest BCUT2D eigenvalue weighted by Gasteiger charge is 2.30. The highest BCUT2D eigenvalue weighted by molar-refractivity contribution is 7.14. The summed E-state index contributed by atoms with van der Waals surface area (Å²) in [6, 6.07) is 6.25. The van der Waals surface area contributed by atoms with Crippen LogP contribution in [0.5, 0.6) is 5.75 Å². The first kappa shape index (κ1) is 24.8. The number of ether oxygens (including phenoxy) is 1. The van der Waals surface area contributed by atoms with Gasteiger partial charge in [0.05, 0.1) is 24.4 Å². The summed E-state index contributed by atoms with van der Waals surface area (Å²) in [5.41, 5.74) is 3.27. The number of carbonyl (C=O) groups is 2. The second-order valence-corrected chi connectivity index (χ2v) is 9.43. The van der Waals surface area contributed by atoms with E-state index in [4.69, 9.17) is 4.74 Å². The van der Waals surface area contributed by atoms with E-state index in [9.17, 15) is 9.59 Å². The Morgan fingerprint density at radius 1 is 1.26 bits per heavy atom. The molecule has 0 spiro atoms. The molecule has 1 aliphatic heterocycles. The molecule has 184 valence electrons. The Labute approximate surface area is 209 Å². The summed E-state index contributed by atoms with van der Waals surface area (Å²) in [4.78, 5) is 40.2. The highest BCUT2D eigenvalue weighted by atomic mass is 32.1. The normalized spacial score (nSPS) is 15.6. The van der Waals surface area contributed by atoms with E-state index in [2.05, 4.69) is 39.3 Å². The number of nitrogens with one attached hydrogen (secondary N) is 1. The van der Waals surface area contributed by atoms with E-state index in [0.717, 1.165) is 49.1 Å². The van der Waals surface area contributed by atoms with E-state index in [1.54, 1.807) is 4.90 Å². The van der Waals surface area contributed by atoms with Gasteiger partial charge in [0.25, 0.3) is 5.91 Å². The van der Waals surface area contributed by atoms with Gasteiger partial charge in [0, 0.05) is 36.4 Å². The molecule has 0 aliphatic carbocycles. The number of likely N-dealkylation sites (tertiary alicyclic amines) is 1. The lowest BCUT2D eigenvalue weighted by Gasteiger charge is -2.31. The SMILES string of the molecule is CCCCc1ccc(OCC)c(-c2csc(NC(=O)C3CCCN(C(=O)c4cnccn4)C3)n2)c1. The summed E-state index contributed by atoms with van der Waals surface area (Å²) < 4.78 is 5.84. The summed E-state index contributed by atoms with van der Waals surface area (Å²) in [5.74, 6) is 0.178. The van der Waals surface area contributed by atoms with Crippen LogP contribution in [0.1, 0.15) is 55.6 Å². The fourth-order valence-electron chi connectivity index (χ4n) is 4.20. The molecule has 1 unspecified atom stereocenters.